The Labute approximate surface area is 501 Å². The fourth-order valence-electron chi connectivity index (χ4n) is 8.37. The van der Waals surface area contributed by atoms with Crippen LogP contribution in [0.4, 0.5) is 34.1 Å². The van der Waals surface area contributed by atoms with E-state index in [1.54, 1.807) is 24.3 Å². The number of hydrazone groups is 2. The highest BCUT2D eigenvalue weighted by atomic mass is 79.9. The van der Waals surface area contributed by atoms with Crippen molar-refractivity contribution in [1.82, 2.24) is 9.55 Å². The number of benzene rings is 4. The second kappa shape index (κ2) is 37.8. The smallest absolute Gasteiger partial charge is 0.269 e. The maximum Gasteiger partial charge on any atom is 0.269 e. The average Bonchev–Trinajstić information content (AvgIpc) is 4.21. The molecule has 0 aliphatic carbocycles. The molecular weight excluding hydrogens is 1160 g/mol. The Morgan fingerprint density at radius 2 is 0.976 bits per heavy atom. The molecule has 0 aliphatic rings. The first-order chi connectivity index (χ1) is 39.6. The lowest BCUT2D eigenvalue weighted by Gasteiger charge is -2.11. The van der Waals surface area contributed by atoms with Gasteiger partial charge in [-0.2, -0.15) is 10.2 Å². The molecule has 4 aromatic carbocycles. The minimum Gasteiger partial charge on any atom is -1.00 e. The van der Waals surface area contributed by atoms with E-state index in [4.69, 9.17) is 0 Å². The number of H-pyrrole nitrogens is 1. The first-order valence-electron chi connectivity index (χ1n) is 27.8. The molecule has 0 spiro atoms. The van der Waals surface area contributed by atoms with E-state index < -0.39 is 4.92 Å². The first-order valence-corrected chi connectivity index (χ1v) is 29.0. The van der Waals surface area contributed by atoms with Gasteiger partial charge in [0.25, 0.3) is 11.4 Å². The molecule has 8 aromatic rings. The molecule has 0 amide bonds. The Morgan fingerprint density at radius 3 is 1.41 bits per heavy atom. The van der Waals surface area contributed by atoms with Crippen molar-refractivity contribution in [1.29, 1.82) is 0 Å². The molecule has 4 aromatic heterocycles. The number of alkyl halides is 1. The summed E-state index contributed by atoms with van der Waals surface area (Å²) >= 11 is 3.47. The van der Waals surface area contributed by atoms with Gasteiger partial charge in [0.1, 0.15) is 37.9 Å². The minimum absolute atomic E-state index is 0. The van der Waals surface area contributed by atoms with Crippen LogP contribution in [0.25, 0.3) is 0 Å². The summed E-state index contributed by atoms with van der Waals surface area (Å²) in [6, 6.07) is 41.7. The van der Waals surface area contributed by atoms with Gasteiger partial charge in [-0.05, 0) is 80.6 Å². The number of nitro benzene ring substituents is 2. The van der Waals surface area contributed by atoms with Gasteiger partial charge in [-0.3, -0.25) is 35.2 Å². The van der Waals surface area contributed by atoms with E-state index >= 15 is 0 Å². The molecule has 432 valence electrons. The second-order valence-electron chi connectivity index (χ2n) is 19.4. The maximum absolute atomic E-state index is 10.7. The van der Waals surface area contributed by atoms with E-state index in [-0.39, 0.29) is 33.3 Å². The molecule has 18 nitrogen and oxygen atoms in total. The predicted octanol–water partition coefficient (Wildman–Crippen LogP) is 8.32. The minimum atomic E-state index is -0.397. The molecule has 82 heavy (non-hydrogen) atoms. The molecule has 0 saturated heterocycles. The van der Waals surface area contributed by atoms with Crippen LogP contribution in [-0.4, -0.2) is 64.3 Å². The molecule has 0 atom stereocenters. The topological polar surface area (TPSA) is 178 Å². The number of unbranched alkanes of at least 4 members (excludes halogenated alkanes) is 6. The summed E-state index contributed by atoms with van der Waals surface area (Å²) in [5.41, 5.74) is 6.38. The summed E-state index contributed by atoms with van der Waals surface area (Å²) in [4.78, 5) is 23.4. The number of rotatable bonds is 31. The molecule has 4 heterocycles. The number of hydrogen-bond donors (Lipinski definition) is 3. The fraction of sp³-hybridized carbons (Fsp3) is 0.323. The number of aromatic amines is 1. The van der Waals surface area contributed by atoms with Gasteiger partial charge in [-0.25, -0.2) is 22.8 Å². The highest BCUT2D eigenvalue weighted by Gasteiger charge is 2.08. The predicted molar refractivity (Wildman–Crippen MR) is 327 cm³/mol. The number of nitrogens with zero attached hydrogens (tertiary/aromatic N) is 11. The number of anilines is 4. The first kappa shape index (κ1) is 64.7. The molecule has 8 rings (SSSR count). The molecule has 0 aliphatic heterocycles. The zero-order valence-corrected chi connectivity index (χ0v) is 50.3. The van der Waals surface area contributed by atoms with Crippen LogP contribution in [0.2, 0.25) is 0 Å². The van der Waals surface area contributed by atoms with Crippen LogP contribution in [-0.2, 0) is 32.7 Å². The van der Waals surface area contributed by atoms with Crippen molar-refractivity contribution in [3.05, 3.63) is 227 Å². The van der Waals surface area contributed by atoms with Crippen molar-refractivity contribution >= 4 is 62.5 Å². The van der Waals surface area contributed by atoms with Crippen molar-refractivity contribution < 1.29 is 45.1 Å². The van der Waals surface area contributed by atoms with Gasteiger partial charge in [-0.15, -0.1) is 0 Å². The van der Waals surface area contributed by atoms with Crippen molar-refractivity contribution in [2.24, 2.45) is 10.2 Å². The van der Waals surface area contributed by atoms with Gasteiger partial charge in [0.05, 0.1) is 53.3 Å². The number of halogens is 2. The van der Waals surface area contributed by atoms with E-state index in [0.717, 1.165) is 97.9 Å². The summed E-state index contributed by atoms with van der Waals surface area (Å²) in [6.45, 7) is 6.66. The van der Waals surface area contributed by atoms with Crippen LogP contribution < -0.4 is 55.9 Å². The van der Waals surface area contributed by atoms with Crippen LogP contribution in [0.15, 0.2) is 206 Å². The third kappa shape index (κ3) is 25.1. The number of non-ortho nitro benzene ring substituents is 2. The van der Waals surface area contributed by atoms with Crippen molar-refractivity contribution in [2.75, 3.05) is 53.2 Å². The van der Waals surface area contributed by atoms with Gasteiger partial charge in [0.2, 0.25) is 12.7 Å². The molecule has 0 fully saturated rings. The summed E-state index contributed by atoms with van der Waals surface area (Å²) in [5, 5.41) is 41.7. The number of aromatic nitrogens is 6. The van der Waals surface area contributed by atoms with Crippen LogP contribution in [0.3, 0.4) is 0 Å². The van der Waals surface area contributed by atoms with Crippen LogP contribution in [0.5, 0.6) is 0 Å². The molecule has 20 heteroatoms. The number of nitrogens with one attached hydrogen (secondary N) is 3. The van der Waals surface area contributed by atoms with Gasteiger partial charge in [0, 0.05) is 129 Å². The zero-order chi connectivity index (χ0) is 57.1. The summed E-state index contributed by atoms with van der Waals surface area (Å²) in [5.74, 6) is 0. The third-order valence-corrected chi connectivity index (χ3v) is 13.6. The van der Waals surface area contributed by atoms with E-state index in [0.29, 0.717) is 0 Å². The number of hydrogen-bond acceptors (Lipinski definition) is 10. The van der Waals surface area contributed by atoms with Gasteiger partial charge < -0.3 is 27.6 Å². The third-order valence-electron chi connectivity index (χ3n) is 13.1. The lowest BCUT2D eigenvalue weighted by Crippen LogP contribution is -3.00. The van der Waals surface area contributed by atoms with Crippen LogP contribution in [0.1, 0.15) is 75.3 Å². The molecule has 0 saturated carbocycles. The summed E-state index contributed by atoms with van der Waals surface area (Å²) in [7, 11) is 3.91. The van der Waals surface area contributed by atoms with Crippen molar-refractivity contribution in [2.45, 2.75) is 96.9 Å². The Morgan fingerprint density at radius 1 is 0.537 bits per heavy atom. The van der Waals surface area contributed by atoms with E-state index in [2.05, 4.69) is 132 Å². The number of para-hydroxylation sites is 2. The van der Waals surface area contributed by atoms with Gasteiger partial charge in [0.15, 0.2) is 24.8 Å². The maximum atomic E-state index is 10.7. The van der Waals surface area contributed by atoms with E-state index in [1.165, 1.54) is 75.6 Å². The SMILES string of the molecule is CN(/N=C/c1cc[n+](CCCCCCBr)cc1)c1ccccc1.CN(/N=C/c1cc[n+](CCCCCCn2cc[n+](CCCNc3ccc([N+](=O)[O-])cc3)c2)cc1)c1ccccc1.O=[N+]([O-])c1ccc(NCCC[n+]2cc[nH]c2)cc1.[Br-]. The second-order valence-corrected chi connectivity index (χ2v) is 20.2. The molecular formula is C62H79Br2N14O4+3. The van der Waals surface area contributed by atoms with E-state index in [1.807, 2.05) is 116 Å². The zero-order valence-electron chi connectivity index (χ0n) is 47.2. The summed E-state index contributed by atoms with van der Waals surface area (Å²) < 4.78 is 11.0. The van der Waals surface area contributed by atoms with Crippen molar-refractivity contribution in [3.8, 4) is 0 Å². The van der Waals surface area contributed by atoms with Crippen molar-refractivity contribution in [3.63, 3.8) is 0 Å². The summed E-state index contributed by atoms with van der Waals surface area (Å²) in [6.07, 6.45) is 36.4. The molecule has 3 N–H and O–H groups in total. The standard InChI is InChI=1S/C31H39N7O2.C19H25BrN3.C12H14N4O2.BrH/c1-34(30-10-5-4-6-11-30)33-26-28-16-22-35(23-17-28)19-7-2-3-8-20-36-24-25-37(27-36)21-9-18-32-29-12-14-31(15-13-29)38(39)40;1-22(19-9-5-4-6-10-19)21-17-18-11-15-23(16-12-18)14-8-3-2-7-13-20;17-16(18)12-4-2-11(3-5-12)14-6-1-8-15-9-7-13-10-15;/h4-6,10-17,22-27,32H,2-3,7-9,18-21H2,1H3;4-6,9-12,15-17H,2-3,7-8,13-14H2,1H3;2-5,7,9-10,14H,1,6,8H2;1H/q+2;+1;;. The van der Waals surface area contributed by atoms with E-state index in [9.17, 15) is 20.2 Å². The normalized spacial score (nSPS) is 10.8. The monoisotopic (exact) mass is 1240 g/mol. The molecule has 0 unspecified atom stereocenters. The van der Waals surface area contributed by atoms with Gasteiger partial charge in [-0.1, -0.05) is 58.7 Å². The Balaban J connectivity index is 0.000000248. The average molecular weight is 1240 g/mol. The number of nitro groups is 2. The van der Waals surface area contributed by atoms with Crippen LogP contribution in [0, 0.1) is 20.2 Å². The highest BCUT2D eigenvalue weighted by Crippen LogP contribution is 2.17. The lowest BCUT2D eigenvalue weighted by molar-refractivity contribution is -0.697. The molecule has 0 bridgehead atoms. The quantitative estimate of drug-likeness (QED) is 0.00971. The Bertz CT molecular complexity index is 3040. The number of imidazole rings is 2. The number of pyridine rings is 2. The highest BCUT2D eigenvalue weighted by molar-refractivity contribution is 9.09. The lowest BCUT2D eigenvalue weighted by atomic mass is 10.2. The Hall–Kier alpha value is -8.10. The van der Waals surface area contributed by atoms with Crippen LogP contribution >= 0.6 is 15.9 Å². The fourth-order valence-corrected chi connectivity index (χ4v) is 8.77. The van der Waals surface area contributed by atoms with Gasteiger partial charge >= 0.3 is 0 Å². The number of aryl methyl sites for hydroxylation is 5. The largest absolute Gasteiger partial charge is 1.00 e. The Kier molecular flexibility index (Phi) is 29.8. The molecule has 0 radical (unpaired) electrons.